The average molecular weight is 433 g/mol. The van der Waals surface area contributed by atoms with Crippen LogP contribution in [-0.4, -0.2) is 37.5 Å². The lowest BCUT2D eigenvalue weighted by Gasteiger charge is -2.28. The molecule has 3 N–H and O–H groups in total. The van der Waals surface area contributed by atoms with Gasteiger partial charge in [0.1, 0.15) is 5.75 Å². The molecule has 29 heavy (non-hydrogen) atoms. The van der Waals surface area contributed by atoms with Crippen LogP contribution in [0, 0.1) is 0 Å². The summed E-state index contributed by atoms with van der Waals surface area (Å²) in [6.45, 7) is 0. The molecule has 0 spiro atoms. The number of hydrogen-bond acceptors (Lipinski definition) is 5. The molecular weight excluding hydrogens is 417 g/mol. The van der Waals surface area contributed by atoms with Gasteiger partial charge in [0.25, 0.3) is 5.60 Å². The summed E-state index contributed by atoms with van der Waals surface area (Å²) in [7, 11) is 1.86. The second kappa shape index (κ2) is 8.58. The van der Waals surface area contributed by atoms with E-state index in [2.05, 4.69) is 15.4 Å². The molecule has 1 atom stereocenters. The van der Waals surface area contributed by atoms with E-state index in [4.69, 9.17) is 16.3 Å². The predicted octanol–water partition coefficient (Wildman–Crippen LogP) is 3.92. The van der Waals surface area contributed by atoms with Crippen LogP contribution >= 0.6 is 11.6 Å². The topological polar surface area (TPSA) is 96.9 Å². The lowest BCUT2D eigenvalue weighted by molar-refractivity contribution is -0.266. The molecule has 0 radical (unpaired) electrons. The van der Waals surface area contributed by atoms with Crippen molar-refractivity contribution < 1.29 is 37.3 Å². The van der Waals surface area contributed by atoms with Crippen LogP contribution in [-0.2, 0) is 15.1 Å². The lowest BCUT2D eigenvalue weighted by Crippen LogP contribution is -2.49. The number of halogens is 4. The number of nitrogens with one attached hydrogen (secondary N) is 2. The van der Waals surface area contributed by atoms with Crippen LogP contribution in [0.25, 0.3) is 0 Å². The zero-order chi connectivity index (χ0) is 21.8. The van der Waals surface area contributed by atoms with Gasteiger partial charge in [0.2, 0.25) is 0 Å². The van der Waals surface area contributed by atoms with Crippen LogP contribution in [0.4, 0.5) is 29.3 Å². The zero-order valence-corrected chi connectivity index (χ0v) is 15.9. The van der Waals surface area contributed by atoms with E-state index >= 15 is 0 Å². The van der Waals surface area contributed by atoms with Crippen molar-refractivity contribution in [2.24, 2.45) is 0 Å². The summed E-state index contributed by atoms with van der Waals surface area (Å²) < 4.78 is 49.2. The molecule has 2 aromatic rings. The van der Waals surface area contributed by atoms with Gasteiger partial charge < -0.3 is 25.2 Å². The number of anilines is 2. The Balaban J connectivity index is 2.31. The summed E-state index contributed by atoms with van der Waals surface area (Å²) in [6.07, 6.45) is -5.36. The van der Waals surface area contributed by atoms with Gasteiger partial charge in [0, 0.05) is 16.3 Å². The molecule has 0 unspecified atom stereocenters. The summed E-state index contributed by atoms with van der Waals surface area (Å²) in [6, 6.07) is 8.14. The molecule has 0 aliphatic carbocycles. The van der Waals surface area contributed by atoms with Gasteiger partial charge >= 0.3 is 18.2 Å². The Morgan fingerprint density at radius 2 is 1.66 bits per heavy atom. The Bertz CT molecular complexity index is 905. The fraction of sp³-hybridized carbons (Fsp3) is 0.222. The van der Waals surface area contributed by atoms with E-state index in [-0.39, 0.29) is 11.4 Å². The molecule has 0 bridgehead atoms. The molecule has 2 aromatic carbocycles. The minimum Gasteiger partial charge on any atom is -0.495 e. The van der Waals surface area contributed by atoms with Gasteiger partial charge in [-0.3, -0.25) is 0 Å². The van der Waals surface area contributed by atoms with Crippen LogP contribution in [0.3, 0.4) is 0 Å². The maximum Gasteiger partial charge on any atom is 0.432 e. The van der Waals surface area contributed by atoms with Gasteiger partial charge in [-0.05, 0) is 36.4 Å². The molecule has 0 aromatic heterocycles. The van der Waals surface area contributed by atoms with Crippen LogP contribution < -0.4 is 15.4 Å². The number of carbonyl (C=O) groups excluding carboxylic acids is 2. The van der Waals surface area contributed by atoms with Crippen molar-refractivity contribution in [2.75, 3.05) is 24.9 Å². The third-order valence-corrected chi connectivity index (χ3v) is 4.11. The molecule has 0 saturated heterocycles. The number of carbonyl (C=O) groups is 2. The monoisotopic (exact) mass is 432 g/mol. The molecule has 2 amide bonds. The maximum absolute atomic E-state index is 13.4. The Morgan fingerprint density at radius 1 is 1.03 bits per heavy atom. The molecule has 0 fully saturated rings. The number of ether oxygens (including phenoxy) is 2. The van der Waals surface area contributed by atoms with E-state index in [9.17, 15) is 27.9 Å². The fourth-order valence-electron chi connectivity index (χ4n) is 2.38. The van der Waals surface area contributed by atoms with Crippen LogP contribution in [0.15, 0.2) is 42.5 Å². The highest BCUT2D eigenvalue weighted by Gasteiger charge is 2.62. The summed E-state index contributed by atoms with van der Waals surface area (Å²) in [5.41, 5.74) is -4.33. The van der Waals surface area contributed by atoms with Crippen molar-refractivity contribution in [3.05, 3.63) is 53.1 Å². The summed E-state index contributed by atoms with van der Waals surface area (Å²) in [5.74, 6) is -2.13. The number of aliphatic hydroxyl groups is 1. The van der Waals surface area contributed by atoms with Gasteiger partial charge in [-0.25, -0.2) is 9.59 Å². The molecule has 2 rings (SSSR count). The number of amides is 2. The van der Waals surface area contributed by atoms with Gasteiger partial charge in [0.05, 0.1) is 19.9 Å². The van der Waals surface area contributed by atoms with E-state index in [1.54, 1.807) is 24.3 Å². The predicted molar refractivity (Wildman–Crippen MR) is 99.1 cm³/mol. The number of rotatable bonds is 5. The molecule has 11 heteroatoms. The Labute approximate surface area is 168 Å². The quantitative estimate of drug-likeness (QED) is 0.622. The van der Waals surface area contributed by atoms with Gasteiger partial charge in [-0.15, -0.1) is 0 Å². The molecule has 0 saturated carbocycles. The summed E-state index contributed by atoms with van der Waals surface area (Å²) >= 11 is 5.76. The Hall–Kier alpha value is -2.98. The number of benzene rings is 2. The first-order chi connectivity index (χ1) is 13.5. The van der Waals surface area contributed by atoms with E-state index in [1.807, 2.05) is 0 Å². The number of alkyl halides is 3. The van der Waals surface area contributed by atoms with Crippen molar-refractivity contribution >= 4 is 35.0 Å². The first-order valence-electron chi connectivity index (χ1n) is 7.92. The average Bonchev–Trinajstić information content (AvgIpc) is 2.67. The third kappa shape index (κ3) is 4.72. The Kier molecular flexibility index (Phi) is 6.60. The highest BCUT2D eigenvalue weighted by Crippen LogP contribution is 2.42. The fourth-order valence-corrected chi connectivity index (χ4v) is 2.51. The lowest BCUT2D eigenvalue weighted by atomic mass is 9.92. The van der Waals surface area contributed by atoms with Gasteiger partial charge in [-0.2, -0.15) is 13.2 Å². The van der Waals surface area contributed by atoms with Gasteiger partial charge in [-0.1, -0.05) is 17.7 Å². The smallest absolute Gasteiger partial charge is 0.432 e. The maximum atomic E-state index is 13.4. The van der Waals surface area contributed by atoms with Crippen LogP contribution in [0.2, 0.25) is 5.02 Å². The van der Waals surface area contributed by atoms with Gasteiger partial charge in [0.15, 0.2) is 0 Å². The largest absolute Gasteiger partial charge is 0.495 e. The summed E-state index contributed by atoms with van der Waals surface area (Å²) in [5, 5.41) is 15.4. The Morgan fingerprint density at radius 3 is 2.17 bits per heavy atom. The number of methoxy groups -OCH3 is 2. The molecule has 156 valence electrons. The SMILES string of the molecule is COC(=O)[C@@](O)(c1ccc(NC(=O)Nc2ccc(Cl)cc2)c(OC)c1)C(F)(F)F. The molecule has 0 aliphatic heterocycles. The molecule has 0 aliphatic rings. The number of esters is 1. The number of hydrogen-bond donors (Lipinski definition) is 3. The summed E-state index contributed by atoms with van der Waals surface area (Å²) in [4.78, 5) is 23.8. The third-order valence-electron chi connectivity index (χ3n) is 3.86. The van der Waals surface area contributed by atoms with Crippen molar-refractivity contribution in [3.63, 3.8) is 0 Å². The molecular formula is C18H16ClF3N2O5. The standard InChI is InChI=1S/C18H16ClF3N2O5/c1-28-14-9-10(17(27,15(25)29-2)18(20,21)22)3-8-13(14)24-16(26)23-12-6-4-11(19)5-7-12/h3-9,27H,1-2H3,(H2,23,24,26)/t17-/m0/s1. The van der Waals surface area contributed by atoms with Crippen molar-refractivity contribution in [1.29, 1.82) is 0 Å². The van der Waals surface area contributed by atoms with Crippen molar-refractivity contribution in [3.8, 4) is 5.75 Å². The highest BCUT2D eigenvalue weighted by atomic mass is 35.5. The second-order valence-corrected chi connectivity index (χ2v) is 6.14. The van der Waals surface area contributed by atoms with E-state index in [0.29, 0.717) is 17.8 Å². The number of urea groups is 1. The van der Waals surface area contributed by atoms with Crippen LogP contribution in [0.1, 0.15) is 5.56 Å². The van der Waals surface area contributed by atoms with E-state index in [1.165, 1.54) is 0 Å². The highest BCUT2D eigenvalue weighted by molar-refractivity contribution is 6.30. The van der Waals surface area contributed by atoms with E-state index < -0.39 is 29.3 Å². The van der Waals surface area contributed by atoms with Crippen molar-refractivity contribution in [1.82, 2.24) is 0 Å². The van der Waals surface area contributed by atoms with Crippen molar-refractivity contribution in [2.45, 2.75) is 11.8 Å². The minimum absolute atomic E-state index is 0.00268. The van der Waals surface area contributed by atoms with E-state index in [0.717, 1.165) is 25.3 Å². The first-order valence-corrected chi connectivity index (χ1v) is 8.30. The first kappa shape index (κ1) is 22.3. The van der Waals surface area contributed by atoms with Crippen LogP contribution in [0.5, 0.6) is 5.75 Å². The second-order valence-electron chi connectivity index (χ2n) is 5.70. The normalized spacial score (nSPS) is 13.2. The molecule has 0 heterocycles. The minimum atomic E-state index is -5.36. The zero-order valence-electron chi connectivity index (χ0n) is 15.1. The molecule has 7 nitrogen and oxygen atoms in total.